The Balaban J connectivity index is 0.00000300. The van der Waals surface area contributed by atoms with Crippen molar-refractivity contribution in [2.75, 3.05) is 34.2 Å². The Morgan fingerprint density at radius 2 is 1.79 bits per heavy atom. The summed E-state index contributed by atoms with van der Waals surface area (Å²) in [7, 11) is 6.28. The van der Waals surface area contributed by atoms with Crippen molar-refractivity contribution in [2.24, 2.45) is 0 Å². The van der Waals surface area contributed by atoms with Gasteiger partial charge in [0.1, 0.15) is 10.5 Å². The molecule has 1 heterocycles. The SMILES string of the molecule is C[N+](C)(C)CCCNC(=O)c1cccc2c(-c3ccccc3)c([N+](=O)[O-])oc12.[I-]. The predicted octanol–water partition coefficient (Wildman–Crippen LogP) is 0.838. The van der Waals surface area contributed by atoms with Gasteiger partial charge in [0.05, 0.1) is 33.3 Å². The zero-order valence-corrected chi connectivity index (χ0v) is 18.8. The van der Waals surface area contributed by atoms with Crippen molar-refractivity contribution in [1.29, 1.82) is 0 Å². The van der Waals surface area contributed by atoms with Gasteiger partial charge in [-0.1, -0.05) is 42.5 Å². The molecule has 0 aliphatic carbocycles. The standard InChI is InChI=1S/C21H23N3O4.HI/c1-24(2,3)14-8-13-22-20(25)17-12-7-11-16-18(15-9-5-4-6-10-15)21(23(26)27)28-19(16)17;/h4-7,9-12H,8,13-14H2,1-3H3;1H. The maximum atomic E-state index is 12.7. The molecular formula is C21H24IN3O4. The lowest BCUT2D eigenvalue weighted by Gasteiger charge is -2.23. The minimum Gasteiger partial charge on any atom is -1.00 e. The third-order valence-corrected chi connectivity index (χ3v) is 4.46. The molecule has 1 aromatic heterocycles. The molecule has 29 heavy (non-hydrogen) atoms. The largest absolute Gasteiger partial charge is 1.00 e. The first kappa shape index (κ1) is 22.8. The molecular weight excluding hydrogens is 485 g/mol. The molecule has 8 heteroatoms. The lowest BCUT2D eigenvalue weighted by Crippen LogP contribution is -3.00. The third kappa shape index (κ3) is 5.33. The quantitative estimate of drug-likeness (QED) is 0.168. The summed E-state index contributed by atoms with van der Waals surface area (Å²) >= 11 is 0. The van der Waals surface area contributed by atoms with Crippen LogP contribution in [0.3, 0.4) is 0 Å². The van der Waals surface area contributed by atoms with Crippen LogP contribution in [-0.4, -0.2) is 49.5 Å². The average molecular weight is 509 g/mol. The molecule has 0 aliphatic rings. The average Bonchev–Trinajstić information content (AvgIpc) is 3.05. The van der Waals surface area contributed by atoms with Crippen LogP contribution in [-0.2, 0) is 0 Å². The Bertz CT molecular complexity index is 1010. The van der Waals surface area contributed by atoms with E-state index in [0.29, 0.717) is 28.6 Å². The molecule has 3 rings (SSSR count). The number of fused-ring (bicyclic) bond motifs is 1. The Hall–Kier alpha value is -2.46. The molecule has 0 unspecified atom stereocenters. The third-order valence-electron chi connectivity index (χ3n) is 4.46. The number of benzene rings is 2. The number of carbonyl (C=O) groups excluding carboxylic acids is 1. The summed E-state index contributed by atoms with van der Waals surface area (Å²) in [6, 6.07) is 14.1. The summed E-state index contributed by atoms with van der Waals surface area (Å²) in [4.78, 5) is 23.7. The van der Waals surface area contributed by atoms with Gasteiger partial charge in [-0.25, -0.2) is 0 Å². The number of para-hydroxylation sites is 1. The zero-order chi connectivity index (χ0) is 20.3. The van der Waals surface area contributed by atoms with Gasteiger partial charge < -0.3 is 38.2 Å². The summed E-state index contributed by atoms with van der Waals surface area (Å²) in [5, 5.41) is 15.0. The van der Waals surface area contributed by atoms with E-state index in [-0.39, 0.29) is 41.4 Å². The van der Waals surface area contributed by atoms with Gasteiger partial charge in [0.2, 0.25) is 0 Å². The fourth-order valence-electron chi connectivity index (χ4n) is 3.15. The summed E-state index contributed by atoms with van der Waals surface area (Å²) in [5.41, 5.74) is 1.60. The van der Waals surface area contributed by atoms with Crippen molar-refractivity contribution in [3.63, 3.8) is 0 Å². The normalized spacial score (nSPS) is 11.1. The number of rotatable bonds is 7. The minimum atomic E-state index is -0.550. The van der Waals surface area contributed by atoms with Crippen LogP contribution in [0.15, 0.2) is 52.9 Å². The predicted molar refractivity (Wildman–Crippen MR) is 108 cm³/mol. The van der Waals surface area contributed by atoms with Crippen molar-refractivity contribution in [3.8, 4) is 11.1 Å². The maximum absolute atomic E-state index is 12.7. The second kappa shape index (κ2) is 9.36. The van der Waals surface area contributed by atoms with Crippen LogP contribution < -0.4 is 29.3 Å². The summed E-state index contributed by atoms with van der Waals surface area (Å²) in [6.45, 7) is 1.45. The second-order valence-corrected chi connectivity index (χ2v) is 7.71. The zero-order valence-electron chi connectivity index (χ0n) is 16.6. The molecule has 2 aromatic carbocycles. The molecule has 154 valence electrons. The highest BCUT2D eigenvalue weighted by Crippen LogP contribution is 2.40. The van der Waals surface area contributed by atoms with Gasteiger partial charge >= 0.3 is 5.88 Å². The first-order valence-corrected chi connectivity index (χ1v) is 9.12. The number of hydrogen-bond acceptors (Lipinski definition) is 4. The monoisotopic (exact) mass is 509 g/mol. The fourth-order valence-corrected chi connectivity index (χ4v) is 3.15. The number of hydrogen-bond donors (Lipinski definition) is 1. The molecule has 0 saturated heterocycles. The number of nitro groups is 1. The lowest BCUT2D eigenvalue weighted by atomic mass is 10.0. The molecule has 3 aromatic rings. The Kier molecular flexibility index (Phi) is 7.37. The molecule has 1 amide bonds. The van der Waals surface area contributed by atoms with Crippen LogP contribution in [0.25, 0.3) is 22.1 Å². The first-order valence-electron chi connectivity index (χ1n) is 9.12. The van der Waals surface area contributed by atoms with E-state index >= 15 is 0 Å². The minimum absolute atomic E-state index is 0. The van der Waals surface area contributed by atoms with E-state index in [9.17, 15) is 14.9 Å². The van der Waals surface area contributed by atoms with E-state index < -0.39 is 4.92 Å². The van der Waals surface area contributed by atoms with Gasteiger partial charge in [-0.2, -0.15) is 0 Å². The second-order valence-electron chi connectivity index (χ2n) is 7.71. The fraction of sp³-hybridized carbons (Fsp3) is 0.286. The molecule has 1 N–H and O–H groups in total. The van der Waals surface area contributed by atoms with Crippen molar-refractivity contribution >= 4 is 22.8 Å². The van der Waals surface area contributed by atoms with E-state index in [4.69, 9.17) is 4.42 Å². The highest BCUT2D eigenvalue weighted by atomic mass is 127. The van der Waals surface area contributed by atoms with E-state index in [2.05, 4.69) is 26.5 Å². The maximum Gasteiger partial charge on any atom is 0.442 e. The van der Waals surface area contributed by atoms with Crippen LogP contribution in [0, 0.1) is 10.1 Å². The highest BCUT2D eigenvalue weighted by molar-refractivity contribution is 6.10. The van der Waals surface area contributed by atoms with Crippen LogP contribution in [0.1, 0.15) is 16.8 Å². The molecule has 0 bridgehead atoms. The van der Waals surface area contributed by atoms with Crippen molar-refractivity contribution in [1.82, 2.24) is 5.32 Å². The van der Waals surface area contributed by atoms with Crippen LogP contribution >= 0.6 is 0 Å². The number of furan rings is 1. The summed E-state index contributed by atoms with van der Waals surface area (Å²) in [5.74, 6) is -0.651. The topological polar surface area (TPSA) is 85.4 Å². The van der Waals surface area contributed by atoms with Crippen molar-refractivity contribution < 1.29 is 42.6 Å². The van der Waals surface area contributed by atoms with Crippen molar-refractivity contribution in [3.05, 3.63) is 64.2 Å². The Labute approximate surface area is 186 Å². The molecule has 0 fully saturated rings. The number of amides is 1. The molecule has 0 spiro atoms. The number of nitrogens with zero attached hydrogens (tertiary/aromatic N) is 2. The van der Waals surface area contributed by atoms with Crippen LogP contribution in [0.4, 0.5) is 5.88 Å². The molecule has 0 radical (unpaired) electrons. The van der Waals surface area contributed by atoms with E-state index in [1.807, 2.05) is 18.2 Å². The van der Waals surface area contributed by atoms with Gasteiger partial charge in [0, 0.05) is 18.4 Å². The highest BCUT2D eigenvalue weighted by Gasteiger charge is 2.27. The first-order chi connectivity index (χ1) is 13.3. The van der Waals surface area contributed by atoms with Gasteiger partial charge in [-0.05, 0) is 11.6 Å². The van der Waals surface area contributed by atoms with E-state index in [0.717, 1.165) is 17.4 Å². The number of quaternary nitrogens is 1. The Morgan fingerprint density at radius 1 is 1.10 bits per heavy atom. The van der Waals surface area contributed by atoms with Crippen molar-refractivity contribution in [2.45, 2.75) is 6.42 Å². The summed E-state index contributed by atoms with van der Waals surface area (Å²) in [6.07, 6.45) is 0.832. The smallest absolute Gasteiger partial charge is 0.442 e. The number of carbonyl (C=O) groups is 1. The number of nitrogens with one attached hydrogen (secondary N) is 1. The Morgan fingerprint density at radius 3 is 2.41 bits per heavy atom. The van der Waals surface area contributed by atoms with Gasteiger partial charge in [-0.3, -0.25) is 14.9 Å². The van der Waals surface area contributed by atoms with Crippen LogP contribution in [0.5, 0.6) is 0 Å². The lowest BCUT2D eigenvalue weighted by molar-refractivity contribution is -0.870. The van der Waals surface area contributed by atoms with Gasteiger partial charge in [-0.15, -0.1) is 0 Å². The number of halogens is 1. The molecule has 0 saturated carbocycles. The van der Waals surface area contributed by atoms with E-state index in [1.54, 1.807) is 30.3 Å². The molecule has 7 nitrogen and oxygen atoms in total. The van der Waals surface area contributed by atoms with Crippen LogP contribution in [0.2, 0.25) is 0 Å². The summed E-state index contributed by atoms with van der Waals surface area (Å²) < 4.78 is 6.38. The molecule has 0 aliphatic heterocycles. The van der Waals surface area contributed by atoms with E-state index in [1.165, 1.54) is 0 Å². The van der Waals surface area contributed by atoms with Gasteiger partial charge in [0.25, 0.3) is 5.91 Å². The molecule has 0 atom stereocenters. The van der Waals surface area contributed by atoms with Gasteiger partial charge in [0.15, 0.2) is 5.58 Å².